The molecule has 0 N–H and O–H groups in total. The first-order chi connectivity index (χ1) is 26.1. The Morgan fingerprint density at radius 2 is 0.764 bits per heavy atom. The number of carbonyl (C=O) groups excluding carboxylic acids is 2. The second-order valence-corrected chi connectivity index (χ2v) is 16.8. The highest BCUT2D eigenvalue weighted by Crippen LogP contribution is 2.32. The van der Waals surface area contributed by atoms with E-state index in [-0.39, 0.29) is 11.6 Å². The number of ketones is 2. The Morgan fingerprint density at radius 1 is 0.436 bits per heavy atom. The molecule has 0 fully saturated rings. The molecule has 0 atom stereocenters. The van der Waals surface area contributed by atoms with Gasteiger partial charge in [-0.05, 0) is 191 Å². The van der Waals surface area contributed by atoms with Gasteiger partial charge < -0.3 is 0 Å². The molecule has 0 saturated heterocycles. The van der Waals surface area contributed by atoms with Crippen LogP contribution in [0.15, 0.2) is 116 Å². The standard InChI is InChI=1S/C53H76O2/c1-38(2)20-13-21-39(3)22-14-23-40(4)24-15-25-41(5)26-16-27-42(6)28-17-29-43(7)30-18-31-44(8)32-19-33-45(9)34-36-49-48(12)52(54)51-47(11)46(10)35-37-50(51)53(49)55/h20,22,24,26,28,30,32,34-35,37H,13-19,21,23,25,27,29,31,33,36H2,1-12H3. The zero-order chi connectivity index (χ0) is 40.9. The van der Waals surface area contributed by atoms with E-state index in [1.54, 1.807) is 0 Å². The summed E-state index contributed by atoms with van der Waals surface area (Å²) in [6, 6.07) is 3.77. The van der Waals surface area contributed by atoms with E-state index in [2.05, 4.69) is 111 Å². The van der Waals surface area contributed by atoms with Crippen LogP contribution in [-0.2, 0) is 0 Å². The number of aryl methyl sites for hydroxylation is 1. The highest BCUT2D eigenvalue weighted by molar-refractivity contribution is 6.27. The van der Waals surface area contributed by atoms with Crippen LogP contribution in [0.2, 0.25) is 0 Å². The van der Waals surface area contributed by atoms with E-state index >= 15 is 0 Å². The normalized spacial score (nSPS) is 15.3. The van der Waals surface area contributed by atoms with Crippen molar-refractivity contribution in [1.29, 1.82) is 0 Å². The number of Topliss-reactive ketones (excluding diaryl/α,β-unsaturated/α-hetero) is 2. The maximum Gasteiger partial charge on any atom is 0.190 e. The second kappa shape index (κ2) is 25.4. The lowest BCUT2D eigenvalue weighted by Crippen LogP contribution is -2.22. The van der Waals surface area contributed by atoms with Crippen molar-refractivity contribution in [2.45, 2.75) is 179 Å². The molecule has 1 aromatic rings. The van der Waals surface area contributed by atoms with Gasteiger partial charge in [0.05, 0.1) is 0 Å². The highest BCUT2D eigenvalue weighted by atomic mass is 16.1. The van der Waals surface area contributed by atoms with Crippen LogP contribution in [0.3, 0.4) is 0 Å². The number of hydrogen-bond acceptors (Lipinski definition) is 2. The van der Waals surface area contributed by atoms with Gasteiger partial charge in [-0.3, -0.25) is 9.59 Å². The van der Waals surface area contributed by atoms with Gasteiger partial charge in [-0.2, -0.15) is 0 Å². The van der Waals surface area contributed by atoms with Crippen molar-refractivity contribution >= 4 is 11.6 Å². The Kier molecular flexibility index (Phi) is 21.9. The summed E-state index contributed by atoms with van der Waals surface area (Å²) in [5.41, 5.74) is 16.0. The van der Waals surface area contributed by atoms with Crippen LogP contribution in [0.1, 0.15) is 197 Å². The first-order valence-electron chi connectivity index (χ1n) is 21.2. The summed E-state index contributed by atoms with van der Waals surface area (Å²) in [4.78, 5) is 26.4. The molecule has 0 aromatic heterocycles. The molecule has 0 saturated carbocycles. The second-order valence-electron chi connectivity index (χ2n) is 16.8. The number of fused-ring (bicyclic) bond motifs is 1. The van der Waals surface area contributed by atoms with Crippen LogP contribution in [-0.4, -0.2) is 11.6 Å². The zero-order valence-electron chi connectivity index (χ0n) is 37.2. The predicted octanol–water partition coefficient (Wildman–Crippen LogP) is 16.4. The third kappa shape index (κ3) is 18.1. The Hall–Kier alpha value is -3.78. The number of rotatable bonds is 23. The lowest BCUT2D eigenvalue weighted by atomic mass is 9.80. The topological polar surface area (TPSA) is 34.1 Å². The summed E-state index contributed by atoms with van der Waals surface area (Å²) in [5, 5.41) is 0. The van der Waals surface area contributed by atoms with E-state index in [1.165, 1.54) is 57.4 Å². The molecule has 0 radical (unpaired) electrons. The molecule has 2 heteroatoms. The van der Waals surface area contributed by atoms with Gasteiger partial charge in [0.25, 0.3) is 0 Å². The quantitative estimate of drug-likeness (QED) is 0.105. The van der Waals surface area contributed by atoms with Gasteiger partial charge in [0.1, 0.15) is 0 Å². The highest BCUT2D eigenvalue weighted by Gasteiger charge is 2.30. The maximum absolute atomic E-state index is 13.3. The van der Waals surface area contributed by atoms with Crippen molar-refractivity contribution in [1.82, 2.24) is 0 Å². The van der Waals surface area contributed by atoms with E-state index in [0.717, 1.165) is 88.2 Å². The minimum atomic E-state index is 0.000732. The van der Waals surface area contributed by atoms with Crippen molar-refractivity contribution in [2.75, 3.05) is 0 Å². The van der Waals surface area contributed by atoms with Crippen molar-refractivity contribution in [3.8, 4) is 0 Å². The smallest absolute Gasteiger partial charge is 0.190 e. The van der Waals surface area contributed by atoms with Crippen LogP contribution in [0.4, 0.5) is 0 Å². The minimum absolute atomic E-state index is 0.000732. The van der Waals surface area contributed by atoms with Gasteiger partial charge in [-0.15, -0.1) is 0 Å². The Bertz CT molecular complexity index is 1750. The molecule has 1 aromatic carbocycles. The van der Waals surface area contributed by atoms with Crippen LogP contribution >= 0.6 is 0 Å². The zero-order valence-corrected chi connectivity index (χ0v) is 37.2. The summed E-state index contributed by atoms with van der Waals surface area (Å²) >= 11 is 0. The molecule has 0 unspecified atom stereocenters. The third-order valence-corrected chi connectivity index (χ3v) is 11.2. The molecule has 0 heterocycles. The third-order valence-electron chi connectivity index (χ3n) is 11.2. The van der Waals surface area contributed by atoms with E-state index in [4.69, 9.17) is 0 Å². The molecular formula is C53H76O2. The lowest BCUT2D eigenvalue weighted by molar-refractivity contribution is 0.0972. The minimum Gasteiger partial charge on any atom is -0.289 e. The van der Waals surface area contributed by atoms with Gasteiger partial charge in [-0.25, -0.2) is 0 Å². The SMILES string of the molecule is CC(C)=CCCC(C)=CCCC(C)=CCCC(C)=CCCC(C)=CCCC(C)=CCCC(C)=CCCC(C)=CCC1=C(C)C(=O)c2c(ccc(C)c2C)C1=O. The van der Waals surface area contributed by atoms with Crippen LogP contribution in [0, 0.1) is 13.8 Å². The maximum atomic E-state index is 13.3. The molecule has 0 aliphatic heterocycles. The summed E-state index contributed by atoms with van der Waals surface area (Å²) < 4.78 is 0. The predicted molar refractivity (Wildman–Crippen MR) is 242 cm³/mol. The molecule has 1 aliphatic carbocycles. The van der Waals surface area contributed by atoms with Crippen molar-refractivity contribution in [3.05, 3.63) is 139 Å². The first kappa shape index (κ1) is 47.4. The van der Waals surface area contributed by atoms with Gasteiger partial charge in [0.15, 0.2) is 11.6 Å². The van der Waals surface area contributed by atoms with Gasteiger partial charge in [0, 0.05) is 22.3 Å². The summed E-state index contributed by atoms with van der Waals surface area (Å²) in [6.07, 6.45) is 35.1. The van der Waals surface area contributed by atoms with Crippen molar-refractivity contribution < 1.29 is 9.59 Å². The first-order valence-corrected chi connectivity index (χ1v) is 21.2. The van der Waals surface area contributed by atoms with Gasteiger partial charge >= 0.3 is 0 Å². The van der Waals surface area contributed by atoms with Gasteiger partial charge in [0.2, 0.25) is 0 Å². The lowest BCUT2D eigenvalue weighted by Gasteiger charge is -2.21. The molecule has 300 valence electrons. The van der Waals surface area contributed by atoms with E-state index < -0.39 is 0 Å². The van der Waals surface area contributed by atoms with Crippen molar-refractivity contribution in [3.63, 3.8) is 0 Å². The van der Waals surface area contributed by atoms with Crippen LogP contribution in [0.25, 0.3) is 0 Å². The fourth-order valence-corrected chi connectivity index (χ4v) is 7.06. The number of allylic oxidation sites excluding steroid dienone is 18. The van der Waals surface area contributed by atoms with Crippen LogP contribution in [0.5, 0.6) is 0 Å². The van der Waals surface area contributed by atoms with E-state index in [0.29, 0.717) is 28.7 Å². The molecular weight excluding hydrogens is 669 g/mol. The van der Waals surface area contributed by atoms with E-state index in [1.807, 2.05) is 32.9 Å². The average Bonchev–Trinajstić information content (AvgIpc) is 3.11. The summed E-state index contributed by atoms with van der Waals surface area (Å²) in [7, 11) is 0. The largest absolute Gasteiger partial charge is 0.289 e. The fraction of sp³-hybridized carbons (Fsp3) is 0.509. The average molecular weight is 745 g/mol. The molecule has 55 heavy (non-hydrogen) atoms. The number of benzene rings is 1. The molecule has 1 aliphatic rings. The molecule has 2 nitrogen and oxygen atoms in total. The molecule has 0 bridgehead atoms. The Balaban J connectivity index is 1.65. The van der Waals surface area contributed by atoms with Gasteiger partial charge in [-0.1, -0.05) is 105 Å². The van der Waals surface area contributed by atoms with Crippen LogP contribution < -0.4 is 0 Å². The van der Waals surface area contributed by atoms with Crippen molar-refractivity contribution in [2.24, 2.45) is 0 Å². The van der Waals surface area contributed by atoms with E-state index in [9.17, 15) is 9.59 Å². The number of carbonyl (C=O) groups is 2. The Morgan fingerprint density at radius 3 is 1.11 bits per heavy atom. The monoisotopic (exact) mass is 745 g/mol. The molecule has 2 rings (SSSR count). The Labute approximate surface area is 338 Å². The summed E-state index contributed by atoms with van der Waals surface area (Å²) in [5.74, 6) is 0.00382. The number of hydrogen-bond donors (Lipinski definition) is 0. The fourth-order valence-electron chi connectivity index (χ4n) is 7.06. The molecule has 0 spiro atoms. The summed E-state index contributed by atoms with van der Waals surface area (Å²) in [6.45, 7) is 25.8. The molecule has 0 amide bonds.